The Hall–Kier alpha value is -0.0800. The minimum Gasteiger partial charge on any atom is -0.380 e. The molecule has 1 aliphatic heterocycles. The Morgan fingerprint density at radius 1 is 1.07 bits per heavy atom. The van der Waals surface area contributed by atoms with E-state index in [2.05, 4.69) is 0 Å². The summed E-state index contributed by atoms with van der Waals surface area (Å²) in [5.41, 5.74) is 7.01. The van der Waals surface area contributed by atoms with Crippen molar-refractivity contribution in [3.63, 3.8) is 0 Å². The number of hydrogen-bond acceptors (Lipinski definition) is 2. The van der Waals surface area contributed by atoms with Crippen molar-refractivity contribution < 1.29 is 4.74 Å². The van der Waals surface area contributed by atoms with Crippen molar-refractivity contribution in [1.29, 1.82) is 0 Å². The first-order valence-electron chi connectivity index (χ1n) is 6.61. The number of rotatable bonds is 3. The van der Waals surface area contributed by atoms with Gasteiger partial charge in [0, 0.05) is 5.41 Å². The van der Waals surface area contributed by atoms with Crippen molar-refractivity contribution in [2.45, 2.75) is 44.9 Å². The first kappa shape index (κ1) is 10.1. The fourth-order valence-electron chi connectivity index (χ4n) is 4.01. The molecule has 2 N–H and O–H groups in total. The molecule has 86 valence electrons. The van der Waals surface area contributed by atoms with E-state index < -0.39 is 0 Å². The minimum atomic E-state index is 0.493. The summed E-state index contributed by atoms with van der Waals surface area (Å²) in [4.78, 5) is 0. The Labute approximate surface area is 92.6 Å². The van der Waals surface area contributed by atoms with Crippen LogP contribution in [0.1, 0.15) is 44.9 Å². The highest BCUT2D eigenvalue weighted by molar-refractivity contribution is 5.13. The topological polar surface area (TPSA) is 35.2 Å². The fraction of sp³-hybridized carbons (Fsp3) is 1.00. The predicted molar refractivity (Wildman–Crippen MR) is 60.5 cm³/mol. The SMILES string of the molecule is NCC1(C2(C3CCCCC3)COC2)CC1. The first-order valence-corrected chi connectivity index (χ1v) is 6.61. The summed E-state index contributed by atoms with van der Waals surface area (Å²) in [7, 11) is 0. The smallest absolute Gasteiger partial charge is 0.0553 e. The van der Waals surface area contributed by atoms with Gasteiger partial charge in [-0.25, -0.2) is 0 Å². The quantitative estimate of drug-likeness (QED) is 0.774. The average Bonchev–Trinajstić information content (AvgIpc) is 2.99. The molecule has 3 rings (SSSR count). The maximum absolute atomic E-state index is 6.02. The molecule has 2 saturated carbocycles. The van der Waals surface area contributed by atoms with Crippen LogP contribution in [0.15, 0.2) is 0 Å². The zero-order valence-corrected chi connectivity index (χ0v) is 9.63. The van der Waals surface area contributed by atoms with Gasteiger partial charge in [0.2, 0.25) is 0 Å². The summed E-state index contributed by atoms with van der Waals surface area (Å²) in [5.74, 6) is 0.922. The number of hydrogen-bond donors (Lipinski definition) is 1. The molecule has 0 atom stereocenters. The third-order valence-electron chi connectivity index (χ3n) is 5.41. The average molecular weight is 209 g/mol. The summed E-state index contributed by atoms with van der Waals surface area (Å²) in [6.07, 6.45) is 9.92. The molecular weight excluding hydrogens is 186 g/mol. The lowest BCUT2D eigenvalue weighted by Gasteiger charge is -2.54. The van der Waals surface area contributed by atoms with E-state index in [4.69, 9.17) is 10.5 Å². The summed E-state index contributed by atoms with van der Waals surface area (Å²) < 4.78 is 5.56. The molecule has 2 heteroatoms. The summed E-state index contributed by atoms with van der Waals surface area (Å²) in [6.45, 7) is 2.91. The standard InChI is InChI=1S/C13H23NO/c14-8-12(6-7-12)13(9-15-10-13)11-4-2-1-3-5-11/h11H,1-10,14H2. The Balaban J connectivity index is 1.79. The number of nitrogens with two attached hydrogens (primary N) is 1. The molecule has 0 radical (unpaired) electrons. The van der Waals surface area contributed by atoms with E-state index >= 15 is 0 Å². The molecule has 2 nitrogen and oxygen atoms in total. The van der Waals surface area contributed by atoms with Crippen LogP contribution in [0.2, 0.25) is 0 Å². The van der Waals surface area contributed by atoms with Gasteiger partial charge in [0.15, 0.2) is 0 Å². The molecule has 0 unspecified atom stereocenters. The summed E-state index contributed by atoms with van der Waals surface area (Å²) in [5, 5.41) is 0. The van der Waals surface area contributed by atoms with E-state index in [0.717, 1.165) is 25.7 Å². The van der Waals surface area contributed by atoms with Gasteiger partial charge in [0.1, 0.15) is 0 Å². The van der Waals surface area contributed by atoms with Crippen LogP contribution in [0.3, 0.4) is 0 Å². The highest BCUT2D eigenvalue weighted by atomic mass is 16.5. The molecule has 0 aromatic carbocycles. The van der Waals surface area contributed by atoms with Crippen molar-refractivity contribution in [2.75, 3.05) is 19.8 Å². The molecule has 0 aromatic rings. The summed E-state index contributed by atoms with van der Waals surface area (Å²) in [6, 6.07) is 0. The Kier molecular flexibility index (Phi) is 2.33. The fourth-order valence-corrected chi connectivity index (χ4v) is 4.01. The number of ether oxygens (including phenoxy) is 1. The Bertz CT molecular complexity index is 237. The lowest BCUT2D eigenvalue weighted by Crippen LogP contribution is -2.57. The maximum atomic E-state index is 6.02. The van der Waals surface area contributed by atoms with Crippen molar-refractivity contribution in [2.24, 2.45) is 22.5 Å². The van der Waals surface area contributed by atoms with Crippen LogP contribution in [0.5, 0.6) is 0 Å². The Morgan fingerprint density at radius 2 is 1.73 bits per heavy atom. The van der Waals surface area contributed by atoms with Gasteiger partial charge in [-0.15, -0.1) is 0 Å². The largest absolute Gasteiger partial charge is 0.380 e. The maximum Gasteiger partial charge on any atom is 0.0553 e. The second-order valence-corrected chi connectivity index (χ2v) is 5.97. The molecule has 3 aliphatic rings. The molecule has 0 aromatic heterocycles. The summed E-state index contributed by atoms with van der Waals surface area (Å²) >= 11 is 0. The van der Waals surface area contributed by atoms with Gasteiger partial charge in [-0.3, -0.25) is 0 Å². The van der Waals surface area contributed by atoms with Crippen LogP contribution >= 0.6 is 0 Å². The van der Waals surface area contributed by atoms with Crippen molar-refractivity contribution >= 4 is 0 Å². The molecule has 15 heavy (non-hydrogen) atoms. The van der Waals surface area contributed by atoms with Crippen molar-refractivity contribution in [1.82, 2.24) is 0 Å². The normalized spacial score (nSPS) is 33.4. The van der Waals surface area contributed by atoms with Gasteiger partial charge in [-0.1, -0.05) is 19.3 Å². The third-order valence-corrected chi connectivity index (χ3v) is 5.41. The second kappa shape index (κ2) is 3.46. The monoisotopic (exact) mass is 209 g/mol. The van der Waals surface area contributed by atoms with Crippen molar-refractivity contribution in [3.05, 3.63) is 0 Å². The molecule has 3 fully saturated rings. The molecule has 1 heterocycles. The lowest BCUT2D eigenvalue weighted by molar-refractivity contribution is -0.191. The van der Waals surface area contributed by atoms with Gasteiger partial charge in [0.25, 0.3) is 0 Å². The van der Waals surface area contributed by atoms with Gasteiger partial charge in [0.05, 0.1) is 13.2 Å². The second-order valence-electron chi connectivity index (χ2n) is 5.97. The zero-order chi connectivity index (χ0) is 10.4. The molecule has 2 aliphatic carbocycles. The van der Waals surface area contributed by atoms with E-state index in [1.54, 1.807) is 0 Å². The highest BCUT2D eigenvalue weighted by Gasteiger charge is 2.64. The van der Waals surface area contributed by atoms with Gasteiger partial charge in [-0.05, 0) is 43.6 Å². The molecule has 0 amide bonds. The predicted octanol–water partition coefficient (Wildman–Crippen LogP) is 2.32. The van der Waals surface area contributed by atoms with E-state index in [1.807, 2.05) is 0 Å². The Morgan fingerprint density at radius 3 is 2.13 bits per heavy atom. The van der Waals surface area contributed by atoms with E-state index in [0.29, 0.717) is 10.8 Å². The van der Waals surface area contributed by atoms with Crippen LogP contribution in [-0.2, 0) is 4.74 Å². The van der Waals surface area contributed by atoms with Crippen molar-refractivity contribution in [3.8, 4) is 0 Å². The highest BCUT2D eigenvalue weighted by Crippen LogP contribution is 2.65. The minimum absolute atomic E-state index is 0.493. The van der Waals surface area contributed by atoms with Crippen LogP contribution < -0.4 is 5.73 Å². The van der Waals surface area contributed by atoms with Crippen LogP contribution in [0, 0.1) is 16.7 Å². The van der Waals surface area contributed by atoms with Gasteiger partial charge >= 0.3 is 0 Å². The molecular formula is C13H23NO. The van der Waals surface area contributed by atoms with E-state index in [1.165, 1.54) is 44.9 Å². The van der Waals surface area contributed by atoms with Crippen LogP contribution in [-0.4, -0.2) is 19.8 Å². The zero-order valence-electron chi connectivity index (χ0n) is 9.63. The van der Waals surface area contributed by atoms with E-state index in [9.17, 15) is 0 Å². The first-order chi connectivity index (χ1) is 7.33. The van der Waals surface area contributed by atoms with Crippen LogP contribution in [0.25, 0.3) is 0 Å². The third kappa shape index (κ3) is 1.31. The molecule has 0 spiro atoms. The van der Waals surface area contributed by atoms with Crippen LogP contribution in [0.4, 0.5) is 0 Å². The van der Waals surface area contributed by atoms with Gasteiger partial charge < -0.3 is 10.5 Å². The van der Waals surface area contributed by atoms with E-state index in [-0.39, 0.29) is 0 Å². The molecule has 0 bridgehead atoms. The van der Waals surface area contributed by atoms with Gasteiger partial charge in [-0.2, -0.15) is 0 Å². The molecule has 1 saturated heterocycles. The lowest BCUT2D eigenvalue weighted by atomic mass is 9.59.